The van der Waals surface area contributed by atoms with Gasteiger partial charge in [-0.25, -0.2) is 4.98 Å². The summed E-state index contributed by atoms with van der Waals surface area (Å²) in [6.07, 6.45) is 3.73. The molecule has 0 bridgehead atoms. The van der Waals surface area contributed by atoms with Gasteiger partial charge in [-0.05, 0) is 79.7 Å². The lowest BCUT2D eigenvalue weighted by Gasteiger charge is -2.21. The summed E-state index contributed by atoms with van der Waals surface area (Å²) in [7, 11) is 0. The number of imidazole rings is 1. The van der Waals surface area contributed by atoms with Gasteiger partial charge in [0.05, 0.1) is 16.7 Å². The van der Waals surface area contributed by atoms with Crippen LogP contribution in [0.3, 0.4) is 0 Å². The zero-order chi connectivity index (χ0) is 31.2. The molecule has 0 saturated heterocycles. The van der Waals surface area contributed by atoms with Crippen molar-refractivity contribution in [1.82, 2.24) is 14.5 Å². The third kappa shape index (κ3) is 4.44. The van der Waals surface area contributed by atoms with Crippen molar-refractivity contribution in [2.24, 2.45) is 0 Å². The molecule has 0 radical (unpaired) electrons. The second-order valence-corrected chi connectivity index (χ2v) is 11.8. The molecule has 0 fully saturated rings. The van der Waals surface area contributed by atoms with Crippen molar-refractivity contribution in [3.05, 3.63) is 176 Å². The third-order valence-electron chi connectivity index (χ3n) is 9.13. The van der Waals surface area contributed by atoms with E-state index < -0.39 is 0 Å². The van der Waals surface area contributed by atoms with Gasteiger partial charge in [-0.3, -0.25) is 9.55 Å². The average Bonchev–Trinajstić information content (AvgIpc) is 3.54. The van der Waals surface area contributed by atoms with Gasteiger partial charge in [-0.1, -0.05) is 133 Å². The van der Waals surface area contributed by atoms with Crippen LogP contribution in [0, 0.1) is 0 Å². The van der Waals surface area contributed by atoms with E-state index in [1.54, 1.807) is 0 Å². The van der Waals surface area contributed by atoms with Gasteiger partial charge in [0.15, 0.2) is 0 Å². The molecule has 3 nitrogen and oxygen atoms in total. The van der Waals surface area contributed by atoms with Gasteiger partial charge in [0.1, 0.15) is 5.82 Å². The van der Waals surface area contributed by atoms with Gasteiger partial charge in [-0.15, -0.1) is 0 Å². The maximum Gasteiger partial charge on any atom is 0.145 e. The molecule has 0 aliphatic rings. The van der Waals surface area contributed by atoms with Crippen LogP contribution in [0.5, 0.6) is 0 Å². The molecule has 0 N–H and O–H groups in total. The monoisotopic (exact) mass is 599 g/mol. The molecule has 2 aromatic heterocycles. The van der Waals surface area contributed by atoms with Crippen molar-refractivity contribution in [1.29, 1.82) is 0 Å². The number of rotatable bonds is 5. The van der Waals surface area contributed by atoms with Crippen LogP contribution < -0.4 is 0 Å². The fraction of sp³-hybridized carbons (Fsp3) is 0. The van der Waals surface area contributed by atoms with Crippen LogP contribution in [0.25, 0.3) is 83.0 Å². The van der Waals surface area contributed by atoms with E-state index in [-0.39, 0.29) is 0 Å². The molecule has 0 aliphatic carbocycles. The fourth-order valence-electron chi connectivity index (χ4n) is 7.12. The maximum absolute atomic E-state index is 5.17. The van der Waals surface area contributed by atoms with Crippen molar-refractivity contribution in [2.75, 3.05) is 0 Å². The highest BCUT2D eigenvalue weighted by Crippen LogP contribution is 2.47. The summed E-state index contributed by atoms with van der Waals surface area (Å²) in [6, 6.07) is 58.3. The van der Waals surface area contributed by atoms with Crippen molar-refractivity contribution in [3.63, 3.8) is 0 Å². The lowest BCUT2D eigenvalue weighted by Crippen LogP contribution is -2.01. The van der Waals surface area contributed by atoms with Crippen molar-refractivity contribution >= 4 is 32.6 Å². The lowest BCUT2D eigenvalue weighted by atomic mass is 9.83. The predicted molar refractivity (Wildman–Crippen MR) is 196 cm³/mol. The van der Waals surface area contributed by atoms with Crippen LogP contribution in [-0.2, 0) is 0 Å². The van der Waals surface area contributed by atoms with E-state index >= 15 is 0 Å². The van der Waals surface area contributed by atoms with Crippen LogP contribution in [-0.4, -0.2) is 14.5 Å². The molecule has 2 heterocycles. The largest absolute Gasteiger partial charge is 0.292 e. The number of hydrogen-bond donors (Lipinski definition) is 0. The van der Waals surface area contributed by atoms with E-state index in [0.717, 1.165) is 39.2 Å². The van der Waals surface area contributed by atoms with Gasteiger partial charge in [0.25, 0.3) is 0 Å². The second-order valence-electron chi connectivity index (χ2n) is 11.8. The topological polar surface area (TPSA) is 30.7 Å². The standard InChI is InChI=1S/C44H29N3/c1-2-14-31(15-3-1)44-46-39-23-11-13-25-41(39)47(44)40-24-12-10-22-38(40)43-36-20-8-6-18-34(36)42(35-19-7-9-21-37(35)43)33-17-5-4-16-32(33)30-26-28-45-29-27-30/h1-29H. The minimum Gasteiger partial charge on any atom is -0.292 e. The molecule has 0 saturated carbocycles. The van der Waals surface area contributed by atoms with Crippen LogP contribution in [0.4, 0.5) is 0 Å². The molecule has 0 aliphatic heterocycles. The molecular formula is C44H29N3. The number of fused-ring (bicyclic) bond motifs is 3. The van der Waals surface area contributed by atoms with E-state index in [1.807, 2.05) is 12.4 Å². The third-order valence-corrected chi connectivity index (χ3v) is 9.13. The molecule has 0 amide bonds. The SMILES string of the molecule is c1ccc(-c2nc3ccccc3n2-c2ccccc2-c2c3ccccc3c(-c3ccccc3-c3ccncc3)c3ccccc23)cc1. The summed E-state index contributed by atoms with van der Waals surface area (Å²) in [4.78, 5) is 9.46. The Labute approximate surface area is 273 Å². The smallest absolute Gasteiger partial charge is 0.145 e. The zero-order valence-electron chi connectivity index (χ0n) is 25.6. The highest BCUT2D eigenvalue weighted by atomic mass is 15.1. The Hall–Kier alpha value is -6.32. The summed E-state index contributed by atoms with van der Waals surface area (Å²) in [5, 5.41) is 4.86. The van der Waals surface area contributed by atoms with Crippen LogP contribution >= 0.6 is 0 Å². The molecule has 220 valence electrons. The quantitative estimate of drug-likeness (QED) is 0.184. The normalized spacial score (nSPS) is 11.4. The summed E-state index contributed by atoms with van der Waals surface area (Å²) in [6.45, 7) is 0. The Kier molecular flexibility index (Phi) is 6.46. The van der Waals surface area contributed by atoms with Crippen LogP contribution in [0.1, 0.15) is 0 Å². The Morgan fingerprint density at radius 2 is 0.894 bits per heavy atom. The number of hydrogen-bond acceptors (Lipinski definition) is 2. The number of benzene rings is 7. The Balaban J connectivity index is 1.39. The summed E-state index contributed by atoms with van der Waals surface area (Å²) in [5.74, 6) is 0.927. The van der Waals surface area contributed by atoms with Gasteiger partial charge in [0, 0.05) is 23.5 Å². The van der Waals surface area contributed by atoms with Crippen molar-refractivity contribution in [2.45, 2.75) is 0 Å². The first-order valence-electron chi connectivity index (χ1n) is 15.9. The molecule has 9 aromatic rings. The minimum absolute atomic E-state index is 0.927. The summed E-state index contributed by atoms with van der Waals surface area (Å²) in [5.41, 5.74) is 11.4. The molecule has 3 heteroatoms. The summed E-state index contributed by atoms with van der Waals surface area (Å²) < 4.78 is 2.33. The zero-order valence-corrected chi connectivity index (χ0v) is 25.6. The number of pyridine rings is 1. The Morgan fingerprint density at radius 1 is 0.383 bits per heavy atom. The van der Waals surface area contributed by atoms with Gasteiger partial charge in [-0.2, -0.15) is 0 Å². The van der Waals surface area contributed by atoms with E-state index in [1.165, 1.54) is 43.8 Å². The van der Waals surface area contributed by atoms with E-state index in [9.17, 15) is 0 Å². The van der Waals surface area contributed by atoms with Crippen LogP contribution in [0.15, 0.2) is 176 Å². The molecule has 0 unspecified atom stereocenters. The maximum atomic E-state index is 5.17. The van der Waals surface area contributed by atoms with Gasteiger partial charge < -0.3 is 0 Å². The number of nitrogens with zero attached hydrogens (tertiary/aromatic N) is 3. The van der Waals surface area contributed by atoms with Crippen LogP contribution in [0.2, 0.25) is 0 Å². The Morgan fingerprint density at radius 3 is 1.57 bits per heavy atom. The van der Waals surface area contributed by atoms with E-state index in [0.29, 0.717) is 0 Å². The van der Waals surface area contributed by atoms with E-state index in [2.05, 4.69) is 173 Å². The van der Waals surface area contributed by atoms with Gasteiger partial charge in [0.2, 0.25) is 0 Å². The highest BCUT2D eigenvalue weighted by molar-refractivity contribution is 6.23. The molecule has 9 rings (SSSR count). The molecule has 7 aromatic carbocycles. The minimum atomic E-state index is 0.927. The highest BCUT2D eigenvalue weighted by Gasteiger charge is 2.22. The molecule has 0 atom stereocenters. The number of para-hydroxylation sites is 3. The molecular weight excluding hydrogens is 571 g/mol. The van der Waals surface area contributed by atoms with E-state index in [4.69, 9.17) is 4.98 Å². The Bertz CT molecular complexity index is 2510. The van der Waals surface area contributed by atoms with Crippen molar-refractivity contribution in [3.8, 4) is 50.5 Å². The van der Waals surface area contributed by atoms with Gasteiger partial charge >= 0.3 is 0 Å². The first-order chi connectivity index (χ1) is 23.4. The molecule has 0 spiro atoms. The first kappa shape index (κ1) is 27.0. The first-order valence-corrected chi connectivity index (χ1v) is 15.9. The molecule has 47 heavy (non-hydrogen) atoms. The van der Waals surface area contributed by atoms with Crippen molar-refractivity contribution < 1.29 is 0 Å². The average molecular weight is 600 g/mol. The predicted octanol–water partition coefficient (Wildman–Crippen LogP) is 11.4. The number of aromatic nitrogens is 3. The fourth-order valence-corrected chi connectivity index (χ4v) is 7.12. The second kappa shape index (κ2) is 11.2. The summed E-state index contributed by atoms with van der Waals surface area (Å²) >= 11 is 0. The lowest BCUT2D eigenvalue weighted by molar-refractivity contribution is 1.10.